The van der Waals surface area contributed by atoms with Crippen molar-refractivity contribution in [1.29, 1.82) is 0 Å². The van der Waals surface area contributed by atoms with E-state index in [9.17, 15) is 32.7 Å². The number of fused-ring (bicyclic) bond motifs is 4. The predicted molar refractivity (Wildman–Crippen MR) is 197 cm³/mol. The molecule has 288 valence electrons. The molecule has 16 heteroatoms. The van der Waals surface area contributed by atoms with Gasteiger partial charge in [-0.15, -0.1) is 0 Å². The molecule has 4 aliphatic rings. The van der Waals surface area contributed by atoms with E-state index in [1.165, 1.54) is 26.4 Å². The average Bonchev–Trinajstić information content (AvgIpc) is 3.56. The van der Waals surface area contributed by atoms with E-state index in [1.54, 1.807) is 54.6 Å². The fourth-order valence-electron chi connectivity index (χ4n) is 9.14. The molecule has 8 rings (SSSR count). The van der Waals surface area contributed by atoms with Gasteiger partial charge in [0, 0.05) is 34.8 Å². The number of carbonyl (C=O) groups is 4. The van der Waals surface area contributed by atoms with E-state index in [-0.39, 0.29) is 35.7 Å². The lowest BCUT2D eigenvalue weighted by atomic mass is 9.49. The number of halogens is 5. The Morgan fingerprint density at radius 2 is 1.55 bits per heavy atom. The Bertz CT molecular complexity index is 2320. The maximum Gasteiger partial charge on any atom is 0.417 e. The monoisotopic (exact) mass is 806 g/mol. The number of hydrogen-bond donors (Lipinski definition) is 2. The minimum absolute atomic E-state index is 0.0899. The van der Waals surface area contributed by atoms with E-state index in [0.29, 0.717) is 39.1 Å². The van der Waals surface area contributed by atoms with Gasteiger partial charge in [0.05, 0.1) is 53.7 Å². The lowest BCUT2D eigenvalue weighted by molar-refractivity contribution is -0.139. The average molecular weight is 808 g/mol. The number of phenolic OH excluding ortho intramolecular Hbond substituents is 1. The molecular formula is C40H31Cl2F3N4O7. The van der Waals surface area contributed by atoms with E-state index in [1.807, 2.05) is 6.08 Å². The quantitative estimate of drug-likeness (QED) is 0.145. The number of imide groups is 2. The van der Waals surface area contributed by atoms with Crippen LogP contribution in [0.2, 0.25) is 10.0 Å². The number of alkyl halides is 3. The third kappa shape index (κ3) is 5.52. The second-order valence-electron chi connectivity index (χ2n) is 14.0. The lowest BCUT2D eigenvalue weighted by Gasteiger charge is -2.51. The number of hydrazine groups is 1. The molecule has 1 aromatic heterocycles. The van der Waals surface area contributed by atoms with Crippen LogP contribution in [0.1, 0.15) is 35.4 Å². The number of phenols is 1. The zero-order valence-corrected chi connectivity index (χ0v) is 31.0. The highest BCUT2D eigenvalue weighted by molar-refractivity contribution is 6.33. The first-order chi connectivity index (χ1) is 26.7. The minimum Gasteiger partial charge on any atom is -0.508 e. The predicted octanol–water partition coefficient (Wildman–Crippen LogP) is 7.32. The standard InChI is InChI=1S/C40H31Cl2F3N4O7/c1-55-29-15-23(50)16-30(56-2)32(29)33-24-12-13-25-31(37(53)48(35(25)51)22-6-4-3-5-7-22)26(24)17-27-36(52)49(38(54)39(27,33)19-8-10-21(41)11-9-19)47-34-28(42)14-20(18-46-34)40(43,44)45/h3-12,14-16,18,25-27,31,33,50H,13,17H2,1-2H3,(H,46,47). The number of aromatic hydroxyl groups is 1. The molecule has 2 aliphatic carbocycles. The number of allylic oxidation sites excluding steroid dienone is 2. The first kappa shape index (κ1) is 37.3. The third-order valence-electron chi connectivity index (χ3n) is 11.4. The number of anilines is 2. The highest BCUT2D eigenvalue weighted by Gasteiger charge is 2.71. The number of amides is 4. The van der Waals surface area contributed by atoms with Gasteiger partial charge in [-0.25, -0.2) is 4.98 Å². The van der Waals surface area contributed by atoms with Gasteiger partial charge in [-0.2, -0.15) is 18.2 Å². The number of pyridine rings is 1. The Balaban J connectivity index is 1.36. The van der Waals surface area contributed by atoms with Crippen molar-refractivity contribution in [3.8, 4) is 17.2 Å². The first-order valence-electron chi connectivity index (χ1n) is 17.4. The lowest BCUT2D eigenvalue weighted by Crippen LogP contribution is -2.53. The second-order valence-corrected chi connectivity index (χ2v) is 14.9. The Morgan fingerprint density at radius 1 is 0.893 bits per heavy atom. The molecule has 6 atom stereocenters. The van der Waals surface area contributed by atoms with Crippen molar-refractivity contribution in [3.05, 3.63) is 117 Å². The van der Waals surface area contributed by atoms with Crippen molar-refractivity contribution < 1.29 is 46.9 Å². The van der Waals surface area contributed by atoms with Crippen molar-refractivity contribution in [3.63, 3.8) is 0 Å². The highest BCUT2D eigenvalue weighted by Crippen LogP contribution is 2.66. The molecule has 4 amide bonds. The summed E-state index contributed by atoms with van der Waals surface area (Å²) in [5.41, 5.74) is 1.17. The molecule has 0 bridgehead atoms. The van der Waals surface area contributed by atoms with Gasteiger partial charge < -0.3 is 14.6 Å². The van der Waals surface area contributed by atoms with Crippen LogP contribution in [0.25, 0.3) is 0 Å². The summed E-state index contributed by atoms with van der Waals surface area (Å²) in [6.45, 7) is 0. The summed E-state index contributed by atoms with van der Waals surface area (Å²) in [7, 11) is 2.72. The zero-order chi connectivity index (χ0) is 39.8. The summed E-state index contributed by atoms with van der Waals surface area (Å²) in [5.74, 6) is -7.79. The fraction of sp³-hybridized carbons (Fsp3) is 0.275. The number of para-hydroxylation sites is 1. The molecule has 2 saturated heterocycles. The fourth-order valence-corrected chi connectivity index (χ4v) is 9.47. The second kappa shape index (κ2) is 13.6. The van der Waals surface area contributed by atoms with Gasteiger partial charge in [-0.05, 0) is 54.7 Å². The maximum atomic E-state index is 15.5. The van der Waals surface area contributed by atoms with Gasteiger partial charge in [-0.1, -0.05) is 65.2 Å². The number of nitrogens with one attached hydrogen (secondary N) is 1. The topological polar surface area (TPSA) is 138 Å². The molecular weight excluding hydrogens is 776 g/mol. The number of aromatic nitrogens is 1. The van der Waals surface area contributed by atoms with Crippen molar-refractivity contribution in [1.82, 2.24) is 9.99 Å². The van der Waals surface area contributed by atoms with Crippen molar-refractivity contribution >= 4 is 58.3 Å². The summed E-state index contributed by atoms with van der Waals surface area (Å²) in [5, 5.41) is 11.2. The molecule has 3 heterocycles. The Morgan fingerprint density at radius 3 is 2.16 bits per heavy atom. The van der Waals surface area contributed by atoms with Crippen LogP contribution in [-0.2, 0) is 30.8 Å². The smallest absolute Gasteiger partial charge is 0.417 e. The van der Waals surface area contributed by atoms with E-state index in [2.05, 4.69) is 10.4 Å². The van der Waals surface area contributed by atoms with Gasteiger partial charge in [0.2, 0.25) is 11.8 Å². The van der Waals surface area contributed by atoms with E-state index in [4.69, 9.17) is 32.7 Å². The largest absolute Gasteiger partial charge is 0.508 e. The molecule has 4 aromatic rings. The number of benzene rings is 3. The molecule has 1 saturated carbocycles. The first-order valence-corrected chi connectivity index (χ1v) is 18.2. The molecule has 6 unspecified atom stereocenters. The molecule has 0 spiro atoms. The number of carbonyl (C=O) groups excluding carboxylic acids is 4. The van der Waals surface area contributed by atoms with Crippen molar-refractivity contribution in [2.24, 2.45) is 23.7 Å². The van der Waals surface area contributed by atoms with E-state index >= 15 is 4.79 Å². The highest BCUT2D eigenvalue weighted by atomic mass is 35.5. The SMILES string of the molecule is COc1cc(O)cc(OC)c1C1C2=CCC3C(=O)N(c4ccccc4)C(=O)C3C2CC2C(=O)N(Nc3ncc(C(F)(F)F)cc3Cl)C(=O)C21c1ccc(Cl)cc1. The number of methoxy groups -OCH3 is 2. The maximum absolute atomic E-state index is 15.5. The number of nitrogens with zero attached hydrogens (tertiary/aromatic N) is 3. The van der Waals surface area contributed by atoms with Gasteiger partial charge in [-0.3, -0.25) is 29.5 Å². The van der Waals surface area contributed by atoms with Crippen molar-refractivity contribution in [2.45, 2.75) is 30.4 Å². The minimum atomic E-state index is -4.77. The normalized spacial score (nSPS) is 25.8. The van der Waals surface area contributed by atoms with Gasteiger partial charge in [0.1, 0.15) is 17.2 Å². The molecule has 0 radical (unpaired) electrons. The van der Waals surface area contributed by atoms with Crippen LogP contribution >= 0.6 is 23.2 Å². The molecule has 56 heavy (non-hydrogen) atoms. The molecule has 3 aromatic carbocycles. The van der Waals surface area contributed by atoms with Crippen molar-refractivity contribution in [2.75, 3.05) is 24.5 Å². The van der Waals surface area contributed by atoms with Gasteiger partial charge in [0.15, 0.2) is 5.82 Å². The number of rotatable bonds is 7. The summed E-state index contributed by atoms with van der Waals surface area (Å²) < 4.78 is 52.2. The Kier molecular flexibility index (Phi) is 9.04. The number of ether oxygens (including phenoxy) is 2. The van der Waals surface area contributed by atoms with Gasteiger partial charge in [0.25, 0.3) is 11.8 Å². The summed E-state index contributed by atoms with van der Waals surface area (Å²) in [6, 6.07) is 18.1. The summed E-state index contributed by atoms with van der Waals surface area (Å²) in [4.78, 5) is 63.9. The molecule has 11 nitrogen and oxygen atoms in total. The Labute approximate surface area is 327 Å². The van der Waals surface area contributed by atoms with Crippen LogP contribution in [-0.4, -0.2) is 52.9 Å². The summed E-state index contributed by atoms with van der Waals surface area (Å²) in [6.07, 6.45) is -2.38. The van der Waals surface area contributed by atoms with Crippen LogP contribution in [0.15, 0.2) is 90.6 Å². The van der Waals surface area contributed by atoms with Gasteiger partial charge >= 0.3 is 6.18 Å². The molecule has 3 fully saturated rings. The van der Waals surface area contributed by atoms with Crippen LogP contribution in [0.5, 0.6) is 17.2 Å². The summed E-state index contributed by atoms with van der Waals surface area (Å²) >= 11 is 12.6. The molecule has 2 aliphatic heterocycles. The van der Waals surface area contributed by atoms with E-state index < -0.39 is 81.2 Å². The Hall–Kier alpha value is -5.60. The van der Waals surface area contributed by atoms with Crippen LogP contribution in [0.3, 0.4) is 0 Å². The zero-order valence-electron chi connectivity index (χ0n) is 29.5. The van der Waals surface area contributed by atoms with Crippen LogP contribution in [0, 0.1) is 23.7 Å². The third-order valence-corrected chi connectivity index (χ3v) is 11.9. The van der Waals surface area contributed by atoms with E-state index in [0.717, 1.165) is 4.90 Å². The van der Waals surface area contributed by atoms with Crippen LogP contribution < -0.4 is 19.8 Å². The number of hydrogen-bond acceptors (Lipinski definition) is 9. The van der Waals surface area contributed by atoms with Crippen LogP contribution in [0.4, 0.5) is 24.7 Å². The molecule has 2 N–H and O–H groups in total.